The van der Waals surface area contributed by atoms with Crippen molar-refractivity contribution in [2.45, 2.75) is 19.3 Å². The van der Waals surface area contributed by atoms with Crippen LogP contribution in [0, 0.1) is 11.6 Å². The van der Waals surface area contributed by atoms with Gasteiger partial charge in [0.2, 0.25) is 0 Å². The van der Waals surface area contributed by atoms with Gasteiger partial charge in [-0.15, -0.1) is 6.58 Å². The predicted octanol–water partition coefficient (Wildman–Crippen LogP) is 4.42. The van der Waals surface area contributed by atoms with Crippen LogP contribution in [0.4, 0.5) is 20.2 Å². The van der Waals surface area contributed by atoms with E-state index < -0.39 is 21.8 Å². The number of nitrogens with one attached hydrogen (secondary N) is 1. The van der Waals surface area contributed by atoms with Crippen molar-refractivity contribution in [1.29, 1.82) is 0 Å². The molecular formula is C22H29F2N3O3S. The van der Waals surface area contributed by atoms with Gasteiger partial charge < -0.3 is 9.64 Å². The standard InChI is InChI=1S/C22H29F2N3O3S/c1-4-14-26(2)15-6-5-7-16-30-20-11-9-19(10-12-20)27(3)31(28,29)25-22-13-8-18(23)17-21(22)24/h4,8-13,17,25H,1,5-7,14-16H2,2-3H3. The molecule has 0 aliphatic carbocycles. The smallest absolute Gasteiger partial charge is 0.323 e. The van der Waals surface area contributed by atoms with Gasteiger partial charge in [-0.1, -0.05) is 6.08 Å². The van der Waals surface area contributed by atoms with Crippen molar-refractivity contribution in [1.82, 2.24) is 4.90 Å². The van der Waals surface area contributed by atoms with Crippen LogP contribution >= 0.6 is 0 Å². The molecule has 0 atom stereocenters. The van der Waals surface area contributed by atoms with Crippen LogP contribution in [0.1, 0.15) is 19.3 Å². The van der Waals surface area contributed by atoms with E-state index in [-0.39, 0.29) is 5.69 Å². The van der Waals surface area contributed by atoms with Crippen LogP contribution in [0.15, 0.2) is 55.1 Å². The van der Waals surface area contributed by atoms with E-state index in [1.807, 2.05) is 6.08 Å². The molecule has 0 aliphatic rings. The Hall–Kier alpha value is -2.65. The molecule has 0 amide bonds. The Bertz CT molecular complexity index is 953. The second kappa shape index (κ2) is 11.7. The highest BCUT2D eigenvalue weighted by Crippen LogP contribution is 2.23. The third-order valence-electron chi connectivity index (χ3n) is 4.62. The SMILES string of the molecule is C=CCN(C)CCCCCOc1ccc(N(C)S(=O)(=O)Nc2ccc(F)cc2F)cc1. The highest BCUT2D eigenvalue weighted by atomic mass is 32.2. The molecule has 0 fully saturated rings. The van der Waals surface area contributed by atoms with E-state index >= 15 is 0 Å². The largest absolute Gasteiger partial charge is 0.494 e. The molecule has 0 heterocycles. The number of benzene rings is 2. The first-order chi connectivity index (χ1) is 14.7. The van der Waals surface area contributed by atoms with Crippen molar-refractivity contribution in [2.75, 3.05) is 42.8 Å². The molecule has 2 rings (SSSR count). The van der Waals surface area contributed by atoms with Gasteiger partial charge in [0.15, 0.2) is 0 Å². The van der Waals surface area contributed by atoms with Crippen LogP contribution in [-0.4, -0.2) is 47.1 Å². The van der Waals surface area contributed by atoms with Gasteiger partial charge in [-0.05, 0) is 69.3 Å². The summed E-state index contributed by atoms with van der Waals surface area (Å²) in [6, 6.07) is 9.18. The molecule has 0 spiro atoms. The van der Waals surface area contributed by atoms with Crippen molar-refractivity contribution in [3.8, 4) is 5.75 Å². The average molecular weight is 454 g/mol. The monoisotopic (exact) mass is 453 g/mol. The number of halogens is 2. The van der Waals surface area contributed by atoms with Gasteiger partial charge in [0.25, 0.3) is 0 Å². The summed E-state index contributed by atoms with van der Waals surface area (Å²) in [7, 11) is -0.689. The lowest BCUT2D eigenvalue weighted by Crippen LogP contribution is -2.32. The van der Waals surface area contributed by atoms with Crippen molar-refractivity contribution in [3.05, 3.63) is 66.8 Å². The quantitative estimate of drug-likeness (QED) is 0.360. The zero-order valence-electron chi connectivity index (χ0n) is 17.9. The molecule has 0 unspecified atom stereocenters. The van der Waals surface area contributed by atoms with Crippen LogP contribution in [0.5, 0.6) is 5.75 Å². The average Bonchev–Trinajstić information content (AvgIpc) is 2.72. The summed E-state index contributed by atoms with van der Waals surface area (Å²) in [5.74, 6) is -1.15. The molecule has 0 aliphatic heterocycles. The molecule has 170 valence electrons. The molecule has 31 heavy (non-hydrogen) atoms. The van der Waals surface area contributed by atoms with E-state index in [1.165, 1.54) is 7.05 Å². The Morgan fingerprint density at radius 1 is 1.06 bits per heavy atom. The maximum absolute atomic E-state index is 13.8. The summed E-state index contributed by atoms with van der Waals surface area (Å²) < 4.78 is 60.6. The number of unbranched alkanes of at least 4 members (excludes halogenated alkanes) is 2. The number of nitrogens with zero attached hydrogens (tertiary/aromatic N) is 2. The lowest BCUT2D eigenvalue weighted by molar-refractivity contribution is 0.296. The lowest BCUT2D eigenvalue weighted by Gasteiger charge is -2.21. The van der Waals surface area contributed by atoms with Crippen LogP contribution < -0.4 is 13.8 Å². The number of likely N-dealkylation sites (N-methyl/N-ethyl adjacent to an activating group) is 1. The van der Waals surface area contributed by atoms with Crippen LogP contribution in [-0.2, 0) is 10.2 Å². The third-order valence-corrected chi connectivity index (χ3v) is 6.03. The van der Waals surface area contributed by atoms with E-state index in [2.05, 4.69) is 23.2 Å². The highest BCUT2D eigenvalue weighted by molar-refractivity contribution is 7.94. The molecule has 0 aromatic heterocycles. The Morgan fingerprint density at radius 3 is 2.42 bits per heavy atom. The number of anilines is 2. The second-order valence-corrected chi connectivity index (χ2v) is 8.85. The van der Waals surface area contributed by atoms with E-state index in [1.54, 1.807) is 24.3 Å². The second-order valence-electron chi connectivity index (χ2n) is 7.15. The summed E-state index contributed by atoms with van der Waals surface area (Å²) in [5.41, 5.74) is 0.0384. The summed E-state index contributed by atoms with van der Waals surface area (Å²) in [5, 5.41) is 0. The first kappa shape index (κ1) is 24.6. The normalized spacial score (nSPS) is 11.4. The zero-order chi connectivity index (χ0) is 22.9. The molecule has 2 aromatic rings. The van der Waals surface area contributed by atoms with Gasteiger partial charge in [-0.2, -0.15) is 8.42 Å². The Labute approximate surface area is 183 Å². The summed E-state index contributed by atoms with van der Waals surface area (Å²) in [4.78, 5) is 2.20. The number of rotatable bonds is 13. The maximum Gasteiger partial charge on any atom is 0.323 e. The number of hydrogen-bond donors (Lipinski definition) is 1. The van der Waals surface area contributed by atoms with Crippen LogP contribution in [0.3, 0.4) is 0 Å². The number of ether oxygens (including phenoxy) is 1. The van der Waals surface area contributed by atoms with Gasteiger partial charge in [0.05, 0.1) is 18.0 Å². The van der Waals surface area contributed by atoms with Crippen molar-refractivity contribution in [2.24, 2.45) is 0 Å². The minimum Gasteiger partial charge on any atom is -0.494 e. The van der Waals surface area contributed by atoms with Gasteiger partial charge in [0, 0.05) is 19.7 Å². The fourth-order valence-corrected chi connectivity index (χ4v) is 3.81. The summed E-state index contributed by atoms with van der Waals surface area (Å²) >= 11 is 0. The fraction of sp³-hybridized carbons (Fsp3) is 0.364. The van der Waals surface area contributed by atoms with Gasteiger partial charge >= 0.3 is 10.2 Å². The van der Waals surface area contributed by atoms with Gasteiger partial charge in [-0.3, -0.25) is 9.03 Å². The zero-order valence-corrected chi connectivity index (χ0v) is 18.7. The fourth-order valence-electron chi connectivity index (χ4n) is 2.83. The van der Waals surface area contributed by atoms with Gasteiger partial charge in [0.1, 0.15) is 17.4 Å². The molecule has 0 bridgehead atoms. The maximum atomic E-state index is 13.8. The summed E-state index contributed by atoms with van der Waals surface area (Å²) in [6.07, 6.45) is 4.93. The first-order valence-electron chi connectivity index (χ1n) is 9.97. The van der Waals surface area contributed by atoms with E-state index in [4.69, 9.17) is 4.74 Å². The van der Waals surface area contributed by atoms with Crippen molar-refractivity contribution < 1.29 is 21.9 Å². The molecule has 2 aromatic carbocycles. The van der Waals surface area contributed by atoms with E-state index in [9.17, 15) is 17.2 Å². The highest BCUT2D eigenvalue weighted by Gasteiger charge is 2.20. The molecule has 9 heteroatoms. The molecule has 0 saturated heterocycles. The Balaban J connectivity index is 1.84. The Kier molecular flexibility index (Phi) is 9.26. The predicted molar refractivity (Wildman–Crippen MR) is 121 cm³/mol. The molecule has 0 saturated carbocycles. The van der Waals surface area contributed by atoms with E-state index in [0.717, 1.165) is 48.8 Å². The molecule has 6 nitrogen and oxygen atoms in total. The third kappa shape index (κ3) is 7.84. The van der Waals surface area contributed by atoms with Gasteiger partial charge in [-0.25, -0.2) is 8.78 Å². The van der Waals surface area contributed by atoms with Crippen LogP contribution in [0.25, 0.3) is 0 Å². The molecule has 0 radical (unpaired) electrons. The Morgan fingerprint density at radius 2 is 1.77 bits per heavy atom. The first-order valence-corrected chi connectivity index (χ1v) is 11.4. The number of hydrogen-bond acceptors (Lipinski definition) is 4. The minimum atomic E-state index is -4.08. The lowest BCUT2D eigenvalue weighted by atomic mass is 10.2. The van der Waals surface area contributed by atoms with Crippen molar-refractivity contribution >= 4 is 21.6 Å². The van der Waals surface area contributed by atoms with Crippen molar-refractivity contribution in [3.63, 3.8) is 0 Å². The van der Waals surface area contributed by atoms with E-state index in [0.29, 0.717) is 24.1 Å². The molecule has 1 N–H and O–H groups in total. The summed E-state index contributed by atoms with van der Waals surface area (Å²) in [6.45, 7) is 6.18. The minimum absolute atomic E-state index is 0.330. The van der Waals surface area contributed by atoms with Crippen LogP contribution in [0.2, 0.25) is 0 Å². The topological polar surface area (TPSA) is 61.9 Å². The molecular weight excluding hydrogens is 424 g/mol.